The zero-order chi connectivity index (χ0) is 26.1. The van der Waals surface area contributed by atoms with Crippen molar-refractivity contribution in [1.82, 2.24) is 5.32 Å². The summed E-state index contributed by atoms with van der Waals surface area (Å²) in [6.07, 6.45) is 15.0. The van der Waals surface area contributed by atoms with Gasteiger partial charge in [-0.25, -0.2) is 0 Å². The van der Waals surface area contributed by atoms with E-state index in [0.29, 0.717) is 18.5 Å². The van der Waals surface area contributed by atoms with Crippen molar-refractivity contribution in [3.63, 3.8) is 0 Å². The molecule has 0 aromatic heterocycles. The minimum Gasteiger partial charge on any atom is -0.493 e. The standard InChI is InChI=1S/C31H47NO3/c1-7-16-28(30(34)32-21-14-12-11-13-15-22-33)25(5)19-20-31(9-3,10-4)27-17-18-29(26(6)24-27)35-23-8-2/h7,16-19,22,24H,1,8-15,20-21,23H2,2-6H3,(H,32,34)/b25-19-,28-16+. The number of unbranched alkanes of at least 4 members (excludes halogenated alkanes) is 4. The molecule has 0 atom stereocenters. The fourth-order valence-corrected chi connectivity index (χ4v) is 4.38. The first-order chi connectivity index (χ1) is 16.9. The third-order valence-electron chi connectivity index (χ3n) is 6.89. The highest BCUT2D eigenvalue weighted by molar-refractivity contribution is 5.97. The summed E-state index contributed by atoms with van der Waals surface area (Å²) < 4.78 is 5.88. The molecule has 1 N–H and O–H groups in total. The Morgan fingerprint density at radius 1 is 1.11 bits per heavy atom. The second-order valence-electron chi connectivity index (χ2n) is 9.35. The Balaban J connectivity index is 2.93. The van der Waals surface area contributed by atoms with E-state index < -0.39 is 0 Å². The first kappa shape index (κ1) is 30.4. The Labute approximate surface area is 213 Å². The molecule has 0 fully saturated rings. The molecule has 0 unspecified atom stereocenters. The van der Waals surface area contributed by atoms with Gasteiger partial charge >= 0.3 is 0 Å². The predicted molar refractivity (Wildman–Crippen MR) is 148 cm³/mol. The Morgan fingerprint density at radius 3 is 2.43 bits per heavy atom. The number of carbonyl (C=O) groups is 2. The first-order valence-electron chi connectivity index (χ1n) is 13.3. The highest BCUT2D eigenvalue weighted by atomic mass is 16.5. The van der Waals surface area contributed by atoms with E-state index in [4.69, 9.17) is 4.74 Å². The molecule has 4 nitrogen and oxygen atoms in total. The third kappa shape index (κ3) is 9.87. The van der Waals surface area contributed by atoms with Gasteiger partial charge in [0.05, 0.1) is 6.61 Å². The second kappa shape index (κ2) is 16.9. The Morgan fingerprint density at radius 2 is 1.83 bits per heavy atom. The minimum absolute atomic E-state index is 0.00654. The molecule has 0 spiro atoms. The first-order valence-corrected chi connectivity index (χ1v) is 13.3. The van der Waals surface area contributed by atoms with Gasteiger partial charge in [0.15, 0.2) is 0 Å². The van der Waals surface area contributed by atoms with Crippen molar-refractivity contribution in [3.8, 4) is 5.75 Å². The van der Waals surface area contributed by atoms with Gasteiger partial charge in [-0.05, 0) is 86.6 Å². The van der Waals surface area contributed by atoms with Gasteiger partial charge in [0.2, 0.25) is 0 Å². The van der Waals surface area contributed by atoms with Crippen molar-refractivity contribution in [2.75, 3.05) is 13.2 Å². The number of ether oxygens (including phenoxy) is 1. The van der Waals surface area contributed by atoms with Crippen molar-refractivity contribution in [2.24, 2.45) is 0 Å². The van der Waals surface area contributed by atoms with Crippen LogP contribution in [0.4, 0.5) is 0 Å². The van der Waals surface area contributed by atoms with E-state index in [-0.39, 0.29) is 11.3 Å². The predicted octanol–water partition coefficient (Wildman–Crippen LogP) is 7.56. The van der Waals surface area contributed by atoms with Crippen LogP contribution >= 0.6 is 0 Å². The number of aldehydes is 1. The number of benzene rings is 1. The molecule has 1 amide bonds. The maximum absolute atomic E-state index is 12.9. The summed E-state index contributed by atoms with van der Waals surface area (Å²) in [4.78, 5) is 23.3. The van der Waals surface area contributed by atoms with E-state index in [0.717, 1.165) is 75.6 Å². The van der Waals surface area contributed by atoms with Crippen LogP contribution in [0.15, 0.2) is 54.2 Å². The van der Waals surface area contributed by atoms with E-state index >= 15 is 0 Å². The number of allylic oxidation sites excluding steroid dienone is 3. The van der Waals surface area contributed by atoms with Gasteiger partial charge in [-0.15, -0.1) is 0 Å². The summed E-state index contributed by atoms with van der Waals surface area (Å²) in [5.41, 5.74) is 4.13. The van der Waals surface area contributed by atoms with Crippen LogP contribution in [0.3, 0.4) is 0 Å². The van der Waals surface area contributed by atoms with Gasteiger partial charge < -0.3 is 14.8 Å². The molecule has 0 aliphatic carbocycles. The molecule has 0 aliphatic heterocycles. The van der Waals surface area contributed by atoms with Crippen LogP contribution in [0.25, 0.3) is 0 Å². The molecule has 0 radical (unpaired) electrons. The fourth-order valence-electron chi connectivity index (χ4n) is 4.38. The van der Waals surface area contributed by atoms with Crippen molar-refractivity contribution >= 4 is 12.2 Å². The van der Waals surface area contributed by atoms with Crippen molar-refractivity contribution in [3.05, 3.63) is 65.3 Å². The summed E-state index contributed by atoms with van der Waals surface area (Å²) in [6.45, 7) is 15.9. The Bertz CT molecular complexity index is 862. The average Bonchev–Trinajstić information content (AvgIpc) is 2.86. The molecular weight excluding hydrogens is 434 g/mol. The summed E-state index contributed by atoms with van der Waals surface area (Å²) in [7, 11) is 0. The zero-order valence-electron chi connectivity index (χ0n) is 22.8. The molecule has 1 aromatic rings. The maximum Gasteiger partial charge on any atom is 0.251 e. The number of rotatable bonds is 18. The summed E-state index contributed by atoms with van der Waals surface area (Å²) >= 11 is 0. The topological polar surface area (TPSA) is 55.4 Å². The summed E-state index contributed by atoms with van der Waals surface area (Å²) in [5, 5.41) is 3.05. The average molecular weight is 482 g/mol. The van der Waals surface area contributed by atoms with E-state index in [1.54, 1.807) is 12.2 Å². The van der Waals surface area contributed by atoms with Crippen LogP contribution in [0.5, 0.6) is 5.75 Å². The van der Waals surface area contributed by atoms with Crippen LogP contribution in [0.1, 0.15) is 96.6 Å². The third-order valence-corrected chi connectivity index (χ3v) is 6.89. The Kier molecular flexibility index (Phi) is 14.7. The normalized spacial score (nSPS) is 12.4. The molecule has 0 aliphatic rings. The smallest absolute Gasteiger partial charge is 0.251 e. The summed E-state index contributed by atoms with van der Waals surface area (Å²) in [5.74, 6) is 0.901. The summed E-state index contributed by atoms with van der Waals surface area (Å²) in [6, 6.07) is 6.58. The largest absolute Gasteiger partial charge is 0.493 e. The van der Waals surface area contributed by atoms with Crippen LogP contribution < -0.4 is 10.1 Å². The number of nitrogens with one attached hydrogen (secondary N) is 1. The van der Waals surface area contributed by atoms with Gasteiger partial charge in [0.1, 0.15) is 12.0 Å². The SMILES string of the molecule is C=C/C=C(C(=O)NCCCCCCC=O)\C(C)=C/CC(CC)(CC)c1ccc(OCCC)c(C)c1. The molecule has 4 heteroatoms. The van der Waals surface area contributed by atoms with Crippen LogP contribution in [-0.2, 0) is 15.0 Å². The van der Waals surface area contributed by atoms with Crippen molar-refractivity contribution in [2.45, 2.75) is 97.8 Å². The molecule has 0 bridgehead atoms. The highest BCUT2D eigenvalue weighted by Gasteiger charge is 2.28. The van der Waals surface area contributed by atoms with E-state index in [2.05, 4.69) is 63.9 Å². The highest BCUT2D eigenvalue weighted by Crippen LogP contribution is 2.38. The lowest BCUT2D eigenvalue weighted by molar-refractivity contribution is -0.117. The zero-order valence-corrected chi connectivity index (χ0v) is 22.8. The number of aryl methyl sites for hydroxylation is 1. The quantitative estimate of drug-likeness (QED) is 0.102. The molecule has 0 saturated carbocycles. The minimum atomic E-state index is -0.0570. The molecular formula is C31H47NO3. The van der Waals surface area contributed by atoms with Crippen LogP contribution in [0, 0.1) is 6.92 Å². The van der Waals surface area contributed by atoms with Crippen molar-refractivity contribution in [1.29, 1.82) is 0 Å². The maximum atomic E-state index is 12.9. The van der Waals surface area contributed by atoms with Crippen LogP contribution in [0.2, 0.25) is 0 Å². The Hall–Kier alpha value is -2.62. The number of hydrogen-bond donors (Lipinski definition) is 1. The number of hydrogen-bond acceptors (Lipinski definition) is 3. The molecule has 194 valence electrons. The second-order valence-corrected chi connectivity index (χ2v) is 9.35. The number of carbonyl (C=O) groups excluding carboxylic acids is 2. The molecule has 35 heavy (non-hydrogen) atoms. The van der Waals surface area contributed by atoms with E-state index in [1.165, 1.54) is 11.1 Å². The lowest BCUT2D eigenvalue weighted by atomic mass is 9.72. The van der Waals surface area contributed by atoms with Crippen molar-refractivity contribution < 1.29 is 14.3 Å². The van der Waals surface area contributed by atoms with E-state index in [1.807, 2.05) is 6.92 Å². The van der Waals surface area contributed by atoms with Crippen LogP contribution in [-0.4, -0.2) is 25.3 Å². The molecule has 0 heterocycles. The fraction of sp³-hybridized carbons (Fsp3) is 0.548. The number of amides is 1. The van der Waals surface area contributed by atoms with Gasteiger partial charge in [-0.2, -0.15) is 0 Å². The molecule has 1 rings (SSSR count). The lowest BCUT2D eigenvalue weighted by Crippen LogP contribution is -2.27. The molecule has 1 aromatic carbocycles. The molecule has 0 saturated heterocycles. The van der Waals surface area contributed by atoms with Gasteiger partial charge in [0, 0.05) is 18.5 Å². The van der Waals surface area contributed by atoms with Gasteiger partial charge in [-0.3, -0.25) is 4.79 Å². The monoisotopic (exact) mass is 481 g/mol. The van der Waals surface area contributed by atoms with Gasteiger partial charge in [-0.1, -0.05) is 64.5 Å². The van der Waals surface area contributed by atoms with E-state index in [9.17, 15) is 9.59 Å². The lowest BCUT2D eigenvalue weighted by Gasteiger charge is -2.32. The van der Waals surface area contributed by atoms with Gasteiger partial charge in [0.25, 0.3) is 5.91 Å².